The molecule has 0 bridgehead atoms. The van der Waals surface area contributed by atoms with E-state index in [1.807, 2.05) is 29.2 Å². The number of ether oxygens (including phenoxy) is 2. The van der Waals surface area contributed by atoms with Crippen molar-refractivity contribution in [3.63, 3.8) is 0 Å². The van der Waals surface area contributed by atoms with Crippen LogP contribution in [-0.4, -0.2) is 40.3 Å². The molecule has 1 aromatic carbocycles. The van der Waals surface area contributed by atoms with Crippen molar-refractivity contribution in [2.24, 2.45) is 28.6 Å². The molecule has 208 valence electrons. The van der Waals surface area contributed by atoms with E-state index in [2.05, 4.69) is 37.0 Å². The van der Waals surface area contributed by atoms with Crippen LogP contribution in [0.5, 0.6) is 11.5 Å². The van der Waals surface area contributed by atoms with Gasteiger partial charge in [0.25, 0.3) is 0 Å². The van der Waals surface area contributed by atoms with E-state index in [0.717, 1.165) is 68.4 Å². The summed E-state index contributed by atoms with van der Waals surface area (Å²) in [7, 11) is 1.68. The SMILES string of the molecule is COc1cc(C=C2CC3C4CC=C5CC(=O)CC[C@]5(C)C4CC[C@]3(C)C2O)ccc1OCCCn1ccnc1. The Labute approximate surface area is 232 Å². The van der Waals surface area contributed by atoms with Gasteiger partial charge in [-0.15, -0.1) is 0 Å². The second kappa shape index (κ2) is 10.3. The Hall–Kier alpha value is -2.86. The number of carbonyl (C=O) groups excluding carboxylic acids is 1. The van der Waals surface area contributed by atoms with Crippen molar-refractivity contribution in [2.75, 3.05) is 13.7 Å². The topological polar surface area (TPSA) is 73.6 Å². The molecule has 0 spiro atoms. The minimum absolute atomic E-state index is 0.0957. The highest BCUT2D eigenvalue weighted by molar-refractivity contribution is 5.82. The molecular weight excluding hydrogens is 488 g/mol. The smallest absolute Gasteiger partial charge is 0.161 e. The van der Waals surface area contributed by atoms with E-state index < -0.39 is 6.10 Å². The van der Waals surface area contributed by atoms with Gasteiger partial charge in [-0.25, -0.2) is 4.98 Å². The van der Waals surface area contributed by atoms with Gasteiger partial charge in [0.1, 0.15) is 5.78 Å². The van der Waals surface area contributed by atoms with E-state index in [0.29, 0.717) is 42.3 Å². The molecule has 1 heterocycles. The van der Waals surface area contributed by atoms with Crippen LogP contribution in [0.4, 0.5) is 0 Å². The maximum Gasteiger partial charge on any atom is 0.161 e. The number of ketones is 1. The number of fused-ring (bicyclic) bond motifs is 5. The van der Waals surface area contributed by atoms with Gasteiger partial charge in [0.05, 0.1) is 26.1 Å². The zero-order valence-electron chi connectivity index (χ0n) is 23.6. The minimum Gasteiger partial charge on any atom is -0.493 e. The van der Waals surface area contributed by atoms with Gasteiger partial charge in [0.2, 0.25) is 0 Å². The quantitative estimate of drug-likeness (QED) is 0.339. The van der Waals surface area contributed by atoms with Crippen molar-refractivity contribution in [1.29, 1.82) is 0 Å². The van der Waals surface area contributed by atoms with Crippen LogP contribution in [0.2, 0.25) is 0 Å². The van der Waals surface area contributed by atoms with Gasteiger partial charge in [-0.2, -0.15) is 0 Å². The zero-order valence-corrected chi connectivity index (χ0v) is 23.6. The first kappa shape index (κ1) is 26.4. The number of hydrogen-bond acceptors (Lipinski definition) is 5. The normalized spacial score (nSPS) is 34.7. The van der Waals surface area contributed by atoms with Crippen LogP contribution >= 0.6 is 0 Å². The number of imidazole rings is 1. The Morgan fingerprint density at radius 3 is 2.87 bits per heavy atom. The predicted octanol–water partition coefficient (Wildman–Crippen LogP) is 6.25. The third-order valence-electron chi connectivity index (χ3n) is 10.7. The van der Waals surface area contributed by atoms with E-state index in [4.69, 9.17) is 9.47 Å². The Bertz CT molecular complexity index is 1280. The van der Waals surface area contributed by atoms with Gasteiger partial charge in [-0.05, 0) is 85.0 Å². The molecule has 6 heteroatoms. The zero-order chi connectivity index (χ0) is 27.2. The van der Waals surface area contributed by atoms with Gasteiger partial charge < -0.3 is 19.1 Å². The van der Waals surface area contributed by atoms with Crippen LogP contribution in [0.25, 0.3) is 6.08 Å². The molecule has 0 aliphatic heterocycles. The molecule has 4 aliphatic carbocycles. The summed E-state index contributed by atoms with van der Waals surface area (Å²) in [6, 6.07) is 6.07. The number of aromatic nitrogens is 2. The second-order valence-electron chi connectivity index (χ2n) is 12.8. The second-order valence-corrected chi connectivity index (χ2v) is 12.8. The molecule has 0 amide bonds. The lowest BCUT2D eigenvalue weighted by molar-refractivity contribution is -0.122. The van der Waals surface area contributed by atoms with Crippen molar-refractivity contribution < 1.29 is 19.4 Å². The van der Waals surface area contributed by atoms with Gasteiger partial charge in [-0.1, -0.05) is 37.6 Å². The number of allylic oxidation sites excluding steroid dienone is 2. The summed E-state index contributed by atoms with van der Waals surface area (Å²) in [5.74, 6) is 3.50. The lowest BCUT2D eigenvalue weighted by atomic mass is 9.48. The van der Waals surface area contributed by atoms with Crippen LogP contribution in [0.1, 0.15) is 70.8 Å². The lowest BCUT2D eigenvalue weighted by Crippen LogP contribution is -2.50. The summed E-state index contributed by atoms with van der Waals surface area (Å²) >= 11 is 0. The molecule has 0 saturated heterocycles. The first-order valence-corrected chi connectivity index (χ1v) is 14.7. The van der Waals surface area contributed by atoms with Crippen LogP contribution in [-0.2, 0) is 11.3 Å². The molecule has 3 saturated carbocycles. The maximum absolute atomic E-state index is 12.2. The fraction of sp³-hybridized carbons (Fsp3) is 0.576. The minimum atomic E-state index is -0.431. The molecular formula is C33H42N2O4. The first-order chi connectivity index (χ1) is 18.8. The van der Waals surface area contributed by atoms with Crippen LogP contribution in [0.15, 0.2) is 54.1 Å². The fourth-order valence-corrected chi connectivity index (χ4v) is 8.43. The van der Waals surface area contributed by atoms with Gasteiger partial charge in [0.15, 0.2) is 11.5 Å². The molecule has 6 atom stereocenters. The van der Waals surface area contributed by atoms with E-state index in [-0.39, 0.29) is 10.8 Å². The Morgan fingerprint density at radius 2 is 2.08 bits per heavy atom. The van der Waals surface area contributed by atoms with Gasteiger partial charge in [-0.3, -0.25) is 4.79 Å². The molecule has 1 N–H and O–H groups in total. The molecule has 3 fully saturated rings. The molecule has 0 radical (unpaired) electrons. The number of rotatable bonds is 7. The molecule has 6 rings (SSSR count). The summed E-state index contributed by atoms with van der Waals surface area (Å²) < 4.78 is 13.7. The highest BCUT2D eigenvalue weighted by Crippen LogP contribution is 2.65. The fourth-order valence-electron chi connectivity index (χ4n) is 8.43. The largest absolute Gasteiger partial charge is 0.493 e. The number of aliphatic hydroxyl groups excluding tert-OH is 1. The summed E-state index contributed by atoms with van der Waals surface area (Å²) in [4.78, 5) is 16.3. The monoisotopic (exact) mass is 530 g/mol. The standard InChI is InChI=1S/C33H42N2O4/c1-32-11-9-25(36)20-24(32)6-7-26-27(32)10-12-33(2)28(26)19-23(31(33)37)17-22-5-8-29(30(18-22)38-3)39-16-4-14-35-15-13-34-21-35/h5-6,8,13,15,17-18,21,26-28,31,37H,4,7,9-12,14,16,19-20H2,1-3H3/t26?,27?,28?,31?,32-,33-/m0/s1. The van der Waals surface area contributed by atoms with E-state index in [1.165, 1.54) is 5.57 Å². The molecule has 4 unspecified atom stereocenters. The van der Waals surface area contributed by atoms with Crippen molar-refractivity contribution in [1.82, 2.24) is 9.55 Å². The summed E-state index contributed by atoms with van der Waals surface area (Å²) in [6.45, 7) is 6.19. The average Bonchev–Trinajstić information content (AvgIpc) is 3.54. The summed E-state index contributed by atoms with van der Waals surface area (Å²) in [5, 5.41) is 11.6. The highest BCUT2D eigenvalue weighted by Gasteiger charge is 2.59. The van der Waals surface area contributed by atoms with E-state index >= 15 is 0 Å². The van der Waals surface area contributed by atoms with Crippen LogP contribution in [0.3, 0.4) is 0 Å². The van der Waals surface area contributed by atoms with Gasteiger partial charge >= 0.3 is 0 Å². The van der Waals surface area contributed by atoms with Crippen molar-refractivity contribution >= 4 is 11.9 Å². The van der Waals surface area contributed by atoms with Gasteiger partial charge in [0, 0.05) is 37.2 Å². The third kappa shape index (κ3) is 4.65. The summed E-state index contributed by atoms with van der Waals surface area (Å²) in [6.07, 6.45) is 17.1. The van der Waals surface area contributed by atoms with E-state index in [1.54, 1.807) is 13.3 Å². The van der Waals surface area contributed by atoms with Crippen LogP contribution < -0.4 is 9.47 Å². The first-order valence-electron chi connectivity index (χ1n) is 14.7. The number of benzene rings is 1. The molecule has 4 aliphatic rings. The lowest BCUT2D eigenvalue weighted by Gasteiger charge is -2.56. The Morgan fingerprint density at radius 1 is 1.21 bits per heavy atom. The predicted molar refractivity (Wildman–Crippen MR) is 151 cm³/mol. The van der Waals surface area contributed by atoms with Crippen molar-refractivity contribution in [2.45, 2.75) is 77.9 Å². The Balaban J connectivity index is 1.18. The number of aliphatic hydroxyl groups is 1. The number of hydrogen-bond donors (Lipinski definition) is 1. The maximum atomic E-state index is 12.2. The molecule has 2 aromatic rings. The number of Topliss-reactive ketones (excluding diaryl/α,β-unsaturated/α-hetero) is 1. The number of carbonyl (C=O) groups is 1. The number of aryl methyl sites for hydroxylation is 1. The summed E-state index contributed by atoms with van der Waals surface area (Å²) in [5.41, 5.74) is 3.63. The third-order valence-corrected chi connectivity index (χ3v) is 10.7. The highest BCUT2D eigenvalue weighted by atomic mass is 16.5. The molecule has 39 heavy (non-hydrogen) atoms. The van der Waals surface area contributed by atoms with Crippen molar-refractivity contribution in [3.05, 3.63) is 59.7 Å². The van der Waals surface area contributed by atoms with Crippen molar-refractivity contribution in [3.8, 4) is 11.5 Å². The molecule has 6 nitrogen and oxygen atoms in total. The van der Waals surface area contributed by atoms with E-state index in [9.17, 15) is 9.90 Å². The average molecular weight is 531 g/mol. The Kier molecular flexibility index (Phi) is 6.95. The number of nitrogens with zero attached hydrogens (tertiary/aromatic N) is 2. The molecule has 1 aromatic heterocycles. The number of methoxy groups -OCH3 is 1. The van der Waals surface area contributed by atoms with Crippen LogP contribution in [0, 0.1) is 28.6 Å².